The minimum absolute atomic E-state index is 0. The fourth-order valence-electron chi connectivity index (χ4n) is 2.70. The van der Waals surface area contributed by atoms with Crippen molar-refractivity contribution in [1.82, 2.24) is 16.0 Å². The number of amides is 1. The lowest BCUT2D eigenvalue weighted by Crippen LogP contribution is -2.43. The highest BCUT2D eigenvalue weighted by molar-refractivity contribution is 14.0. The monoisotopic (exact) mass is 490 g/mol. The molecule has 0 bridgehead atoms. The van der Waals surface area contributed by atoms with E-state index < -0.39 is 0 Å². The summed E-state index contributed by atoms with van der Waals surface area (Å²) in [5.41, 5.74) is 0.599. The van der Waals surface area contributed by atoms with E-state index in [1.54, 1.807) is 12.1 Å². The molecule has 0 saturated heterocycles. The number of halogens is 2. The number of guanidine groups is 1. The quantitative estimate of drug-likeness (QED) is 0.238. The summed E-state index contributed by atoms with van der Waals surface area (Å²) in [6, 6.07) is 6.83. The molecule has 7 heteroatoms. The molecule has 0 aliphatic heterocycles. The number of nitrogens with one attached hydrogen (secondary N) is 3. The van der Waals surface area contributed by atoms with Crippen LogP contribution in [-0.2, 0) is 10.2 Å². The molecule has 1 aromatic rings. The van der Waals surface area contributed by atoms with Gasteiger partial charge in [-0.25, -0.2) is 4.39 Å². The highest BCUT2D eigenvalue weighted by Gasteiger charge is 2.44. The van der Waals surface area contributed by atoms with E-state index in [2.05, 4.69) is 20.9 Å². The van der Waals surface area contributed by atoms with Crippen LogP contribution >= 0.6 is 24.0 Å². The molecule has 0 aromatic heterocycles. The van der Waals surface area contributed by atoms with Gasteiger partial charge in [0.2, 0.25) is 5.91 Å². The Kier molecular flexibility index (Phi) is 8.98. The van der Waals surface area contributed by atoms with Crippen molar-refractivity contribution in [2.75, 3.05) is 26.2 Å². The maximum Gasteiger partial charge on any atom is 0.225 e. The Morgan fingerprint density at radius 1 is 1.19 bits per heavy atom. The molecule has 152 valence electrons. The van der Waals surface area contributed by atoms with Crippen molar-refractivity contribution in [2.45, 2.75) is 46.0 Å². The zero-order valence-electron chi connectivity index (χ0n) is 16.7. The first kappa shape index (κ1) is 23.7. The third-order valence-electron chi connectivity index (χ3n) is 4.56. The third kappa shape index (κ3) is 7.27. The molecule has 0 spiro atoms. The van der Waals surface area contributed by atoms with E-state index in [4.69, 9.17) is 0 Å². The van der Waals surface area contributed by atoms with Crippen LogP contribution in [0.15, 0.2) is 29.3 Å². The highest BCUT2D eigenvalue weighted by atomic mass is 127. The van der Waals surface area contributed by atoms with E-state index >= 15 is 0 Å². The van der Waals surface area contributed by atoms with E-state index in [1.807, 2.05) is 33.8 Å². The SMILES string of the molecule is CCNC(=NCC1(c2cccc(F)c2)CC1)NCCNC(=O)C(C)(C)C.I. The normalized spacial score (nSPS) is 15.5. The maximum atomic E-state index is 13.5. The largest absolute Gasteiger partial charge is 0.357 e. The van der Waals surface area contributed by atoms with Crippen LogP contribution < -0.4 is 16.0 Å². The molecule has 1 amide bonds. The van der Waals surface area contributed by atoms with E-state index in [9.17, 15) is 9.18 Å². The summed E-state index contributed by atoms with van der Waals surface area (Å²) in [4.78, 5) is 16.5. The highest BCUT2D eigenvalue weighted by Crippen LogP contribution is 2.48. The van der Waals surface area contributed by atoms with E-state index in [0.29, 0.717) is 19.6 Å². The number of nitrogens with zero attached hydrogens (tertiary/aromatic N) is 1. The van der Waals surface area contributed by atoms with E-state index in [0.717, 1.165) is 30.9 Å². The molecule has 0 atom stereocenters. The second-order valence-electron chi connectivity index (χ2n) is 7.92. The summed E-state index contributed by atoms with van der Waals surface area (Å²) >= 11 is 0. The molecule has 1 fully saturated rings. The summed E-state index contributed by atoms with van der Waals surface area (Å²) in [7, 11) is 0. The Hall–Kier alpha value is -1.38. The lowest BCUT2D eigenvalue weighted by atomic mass is 9.96. The summed E-state index contributed by atoms with van der Waals surface area (Å²) in [5, 5.41) is 9.37. The van der Waals surface area contributed by atoms with Gasteiger partial charge < -0.3 is 16.0 Å². The molecule has 1 saturated carbocycles. The molecule has 0 unspecified atom stereocenters. The van der Waals surface area contributed by atoms with Gasteiger partial charge in [-0.2, -0.15) is 0 Å². The van der Waals surface area contributed by atoms with Crippen LogP contribution in [0.2, 0.25) is 0 Å². The van der Waals surface area contributed by atoms with Gasteiger partial charge in [-0.15, -0.1) is 24.0 Å². The van der Waals surface area contributed by atoms with Crippen LogP contribution in [0.5, 0.6) is 0 Å². The van der Waals surface area contributed by atoms with Crippen molar-refractivity contribution in [3.8, 4) is 0 Å². The fraction of sp³-hybridized carbons (Fsp3) is 0.600. The van der Waals surface area contributed by atoms with Crippen LogP contribution in [-0.4, -0.2) is 38.0 Å². The number of hydrogen-bond acceptors (Lipinski definition) is 2. The van der Waals surface area contributed by atoms with Gasteiger partial charge in [-0.3, -0.25) is 9.79 Å². The summed E-state index contributed by atoms with van der Waals surface area (Å²) in [6.45, 7) is 10.2. The Morgan fingerprint density at radius 2 is 1.85 bits per heavy atom. The van der Waals surface area contributed by atoms with Gasteiger partial charge in [0.15, 0.2) is 5.96 Å². The fourth-order valence-corrected chi connectivity index (χ4v) is 2.70. The van der Waals surface area contributed by atoms with Gasteiger partial charge in [0, 0.05) is 30.5 Å². The number of hydrogen-bond donors (Lipinski definition) is 3. The average Bonchev–Trinajstić information content (AvgIpc) is 3.36. The summed E-state index contributed by atoms with van der Waals surface area (Å²) in [6.07, 6.45) is 2.06. The van der Waals surface area contributed by atoms with Crippen molar-refractivity contribution in [3.63, 3.8) is 0 Å². The van der Waals surface area contributed by atoms with Crippen molar-refractivity contribution >= 4 is 35.8 Å². The molecule has 2 rings (SSSR count). The second kappa shape index (κ2) is 10.2. The molecular weight excluding hydrogens is 458 g/mol. The minimum atomic E-state index is -0.387. The predicted molar refractivity (Wildman–Crippen MR) is 119 cm³/mol. The molecule has 0 radical (unpaired) electrons. The standard InChI is InChI=1S/C20H31FN4O.HI/c1-5-22-18(24-12-11-23-17(26)19(2,3)4)25-14-20(9-10-20)15-7-6-8-16(21)13-15;/h6-8,13H,5,9-12,14H2,1-4H3,(H,23,26)(H2,22,24,25);1H. The van der Waals surface area contributed by atoms with Gasteiger partial charge in [-0.05, 0) is 37.5 Å². The Bertz CT molecular complexity index is 654. The Balaban J connectivity index is 0.00000364. The van der Waals surface area contributed by atoms with Gasteiger partial charge in [0.05, 0.1) is 6.54 Å². The summed E-state index contributed by atoms with van der Waals surface area (Å²) < 4.78 is 13.5. The third-order valence-corrected chi connectivity index (χ3v) is 4.56. The van der Waals surface area contributed by atoms with Crippen molar-refractivity contribution in [2.24, 2.45) is 10.4 Å². The molecule has 0 heterocycles. The smallest absolute Gasteiger partial charge is 0.225 e. The van der Waals surface area contributed by atoms with Gasteiger partial charge in [0.1, 0.15) is 5.82 Å². The summed E-state index contributed by atoms with van der Waals surface area (Å²) in [5.74, 6) is 0.557. The maximum absolute atomic E-state index is 13.5. The number of carbonyl (C=O) groups excluding carboxylic acids is 1. The van der Waals surface area contributed by atoms with Crippen molar-refractivity contribution < 1.29 is 9.18 Å². The molecule has 1 aliphatic rings. The minimum Gasteiger partial charge on any atom is -0.357 e. The van der Waals surface area contributed by atoms with Crippen LogP contribution in [0.25, 0.3) is 0 Å². The first-order chi connectivity index (χ1) is 12.3. The average molecular weight is 490 g/mol. The topological polar surface area (TPSA) is 65.5 Å². The zero-order valence-corrected chi connectivity index (χ0v) is 19.0. The molecule has 5 nitrogen and oxygen atoms in total. The van der Waals surface area contributed by atoms with Crippen LogP contribution in [0.1, 0.15) is 46.1 Å². The number of carbonyl (C=O) groups is 1. The number of rotatable bonds is 7. The lowest BCUT2D eigenvalue weighted by Gasteiger charge is -2.19. The Labute approximate surface area is 179 Å². The van der Waals surface area contributed by atoms with E-state index in [-0.39, 0.29) is 46.5 Å². The predicted octanol–water partition coefficient (Wildman–Crippen LogP) is 3.19. The molecule has 27 heavy (non-hydrogen) atoms. The zero-order chi connectivity index (χ0) is 19.2. The first-order valence-electron chi connectivity index (χ1n) is 9.33. The van der Waals surface area contributed by atoms with Crippen LogP contribution in [0, 0.1) is 11.2 Å². The molecule has 1 aliphatic carbocycles. The van der Waals surface area contributed by atoms with Crippen molar-refractivity contribution in [3.05, 3.63) is 35.6 Å². The van der Waals surface area contributed by atoms with Gasteiger partial charge in [-0.1, -0.05) is 32.9 Å². The molecule has 3 N–H and O–H groups in total. The second-order valence-corrected chi connectivity index (χ2v) is 7.92. The van der Waals surface area contributed by atoms with Gasteiger partial charge >= 0.3 is 0 Å². The van der Waals surface area contributed by atoms with Crippen LogP contribution in [0.3, 0.4) is 0 Å². The lowest BCUT2D eigenvalue weighted by molar-refractivity contribution is -0.128. The number of benzene rings is 1. The molecule has 1 aromatic carbocycles. The van der Waals surface area contributed by atoms with Crippen LogP contribution in [0.4, 0.5) is 4.39 Å². The number of aliphatic imine (C=N–C) groups is 1. The molecular formula is C20H32FIN4O. The Morgan fingerprint density at radius 3 is 2.41 bits per heavy atom. The van der Waals surface area contributed by atoms with E-state index in [1.165, 1.54) is 6.07 Å². The first-order valence-corrected chi connectivity index (χ1v) is 9.33. The van der Waals surface area contributed by atoms with Gasteiger partial charge in [0.25, 0.3) is 0 Å². The van der Waals surface area contributed by atoms with Crippen molar-refractivity contribution in [1.29, 1.82) is 0 Å².